The molecule has 1 fully saturated rings. The molecule has 1 aliphatic heterocycles. The van der Waals surface area contributed by atoms with Crippen LogP contribution in [0.2, 0.25) is 0 Å². The second-order valence-electron chi connectivity index (χ2n) is 5.04. The maximum Gasteiger partial charge on any atom is 0.136 e. The molecular formula is C13H19N5O. The van der Waals surface area contributed by atoms with Crippen LogP contribution in [-0.2, 0) is 18.3 Å². The first-order valence-corrected chi connectivity index (χ1v) is 6.53. The molecule has 6 heteroatoms. The third kappa shape index (κ3) is 2.69. The summed E-state index contributed by atoms with van der Waals surface area (Å²) in [5.41, 5.74) is 2.29. The van der Waals surface area contributed by atoms with E-state index in [2.05, 4.69) is 24.4 Å². The molecule has 1 aliphatic rings. The van der Waals surface area contributed by atoms with E-state index in [0.29, 0.717) is 0 Å². The molecule has 6 nitrogen and oxygen atoms in total. The predicted molar refractivity (Wildman–Crippen MR) is 70.5 cm³/mol. The highest BCUT2D eigenvalue weighted by atomic mass is 16.5. The van der Waals surface area contributed by atoms with Crippen LogP contribution in [0.5, 0.6) is 0 Å². The monoisotopic (exact) mass is 261 g/mol. The SMILES string of the molecule is Cc1cnc([C@H]2CN(Cc3cncn3C)CCO2)[nH]1. The van der Waals surface area contributed by atoms with Crippen molar-refractivity contribution in [3.8, 4) is 0 Å². The molecule has 1 N–H and O–H groups in total. The number of morpholine rings is 1. The average Bonchev–Trinajstić information content (AvgIpc) is 3.00. The third-order valence-corrected chi connectivity index (χ3v) is 3.48. The van der Waals surface area contributed by atoms with Crippen LogP contribution in [-0.4, -0.2) is 44.1 Å². The molecule has 1 saturated heterocycles. The summed E-state index contributed by atoms with van der Waals surface area (Å²) in [5.74, 6) is 0.923. The lowest BCUT2D eigenvalue weighted by atomic mass is 10.2. The van der Waals surface area contributed by atoms with Gasteiger partial charge >= 0.3 is 0 Å². The van der Waals surface area contributed by atoms with Gasteiger partial charge in [-0.15, -0.1) is 0 Å². The smallest absolute Gasteiger partial charge is 0.136 e. The summed E-state index contributed by atoms with van der Waals surface area (Å²) in [6.45, 7) is 5.45. The average molecular weight is 261 g/mol. The molecule has 0 aliphatic carbocycles. The second kappa shape index (κ2) is 5.14. The van der Waals surface area contributed by atoms with Crippen LogP contribution >= 0.6 is 0 Å². The summed E-state index contributed by atoms with van der Waals surface area (Å²) >= 11 is 0. The molecule has 0 aromatic carbocycles. The lowest BCUT2D eigenvalue weighted by Crippen LogP contribution is -2.38. The number of aryl methyl sites for hydroxylation is 2. The summed E-state index contributed by atoms with van der Waals surface area (Å²) in [4.78, 5) is 14.2. The van der Waals surface area contributed by atoms with Crippen molar-refractivity contribution in [2.75, 3.05) is 19.7 Å². The molecule has 0 saturated carbocycles. The van der Waals surface area contributed by atoms with Crippen LogP contribution in [0.15, 0.2) is 18.7 Å². The normalized spacial score (nSPS) is 20.8. The number of nitrogens with one attached hydrogen (secondary N) is 1. The Bertz CT molecular complexity index is 547. The molecule has 0 radical (unpaired) electrons. The maximum absolute atomic E-state index is 5.80. The van der Waals surface area contributed by atoms with E-state index in [1.165, 1.54) is 5.69 Å². The van der Waals surface area contributed by atoms with Crippen LogP contribution in [0.4, 0.5) is 0 Å². The molecule has 2 aromatic rings. The van der Waals surface area contributed by atoms with Crippen LogP contribution < -0.4 is 0 Å². The molecule has 0 amide bonds. The number of hydrogen-bond donors (Lipinski definition) is 1. The van der Waals surface area contributed by atoms with Crippen LogP contribution in [0.3, 0.4) is 0 Å². The van der Waals surface area contributed by atoms with Crippen molar-refractivity contribution in [3.05, 3.63) is 35.9 Å². The van der Waals surface area contributed by atoms with Gasteiger partial charge in [-0.2, -0.15) is 0 Å². The fourth-order valence-electron chi connectivity index (χ4n) is 2.37. The van der Waals surface area contributed by atoms with Gasteiger partial charge in [0.15, 0.2) is 0 Å². The molecule has 1 atom stereocenters. The fraction of sp³-hybridized carbons (Fsp3) is 0.538. The van der Waals surface area contributed by atoms with Crippen molar-refractivity contribution in [1.82, 2.24) is 24.4 Å². The lowest BCUT2D eigenvalue weighted by molar-refractivity contribution is -0.0374. The molecule has 0 bridgehead atoms. The molecule has 0 unspecified atom stereocenters. The third-order valence-electron chi connectivity index (χ3n) is 3.48. The van der Waals surface area contributed by atoms with Gasteiger partial charge in [0.2, 0.25) is 0 Å². The number of ether oxygens (including phenoxy) is 1. The number of aromatic nitrogens is 4. The van der Waals surface area contributed by atoms with Crippen LogP contribution in [0.25, 0.3) is 0 Å². The Morgan fingerprint density at radius 3 is 3.05 bits per heavy atom. The molecule has 2 aromatic heterocycles. The van der Waals surface area contributed by atoms with Gasteiger partial charge in [0, 0.05) is 44.8 Å². The van der Waals surface area contributed by atoms with E-state index in [1.807, 2.05) is 32.7 Å². The van der Waals surface area contributed by atoms with Crippen LogP contribution in [0, 0.1) is 6.92 Å². The van der Waals surface area contributed by atoms with E-state index in [1.54, 1.807) is 0 Å². The van der Waals surface area contributed by atoms with Gasteiger partial charge < -0.3 is 14.3 Å². The number of rotatable bonds is 3. The van der Waals surface area contributed by atoms with Gasteiger partial charge in [-0.25, -0.2) is 9.97 Å². The van der Waals surface area contributed by atoms with Crippen molar-refractivity contribution in [3.63, 3.8) is 0 Å². The van der Waals surface area contributed by atoms with Crippen molar-refractivity contribution in [2.45, 2.75) is 19.6 Å². The Kier molecular flexibility index (Phi) is 3.35. The van der Waals surface area contributed by atoms with Crippen molar-refractivity contribution in [2.24, 2.45) is 7.05 Å². The maximum atomic E-state index is 5.80. The number of hydrogen-bond acceptors (Lipinski definition) is 4. The largest absolute Gasteiger partial charge is 0.368 e. The van der Waals surface area contributed by atoms with Crippen molar-refractivity contribution < 1.29 is 4.74 Å². The Balaban J connectivity index is 1.66. The Morgan fingerprint density at radius 2 is 2.37 bits per heavy atom. The first-order valence-electron chi connectivity index (χ1n) is 6.53. The van der Waals surface area contributed by atoms with Gasteiger partial charge in [0.05, 0.1) is 18.6 Å². The number of aromatic amines is 1. The first kappa shape index (κ1) is 12.4. The van der Waals surface area contributed by atoms with E-state index in [9.17, 15) is 0 Å². The summed E-state index contributed by atoms with van der Waals surface area (Å²) in [6, 6.07) is 0. The van der Waals surface area contributed by atoms with Gasteiger partial charge in [0.25, 0.3) is 0 Å². The van der Waals surface area contributed by atoms with E-state index in [0.717, 1.165) is 37.8 Å². The summed E-state index contributed by atoms with van der Waals surface area (Å²) < 4.78 is 7.86. The van der Waals surface area contributed by atoms with Gasteiger partial charge in [-0.05, 0) is 6.92 Å². The van der Waals surface area contributed by atoms with E-state index < -0.39 is 0 Å². The second-order valence-corrected chi connectivity index (χ2v) is 5.04. The van der Waals surface area contributed by atoms with E-state index in [4.69, 9.17) is 4.74 Å². The number of nitrogens with zero attached hydrogens (tertiary/aromatic N) is 4. The Morgan fingerprint density at radius 1 is 1.47 bits per heavy atom. The zero-order valence-corrected chi connectivity index (χ0v) is 11.3. The van der Waals surface area contributed by atoms with Crippen molar-refractivity contribution >= 4 is 0 Å². The summed E-state index contributed by atoms with van der Waals surface area (Å²) in [5, 5.41) is 0. The lowest BCUT2D eigenvalue weighted by Gasteiger charge is -2.31. The van der Waals surface area contributed by atoms with Gasteiger partial charge in [0.1, 0.15) is 11.9 Å². The molecule has 3 heterocycles. The standard InChI is InChI=1S/C13H19N5O/c1-10-5-15-13(16-10)12-8-18(3-4-19-12)7-11-6-14-9-17(11)2/h5-6,9,12H,3-4,7-8H2,1-2H3,(H,15,16)/t12-/m1/s1. The minimum Gasteiger partial charge on any atom is -0.368 e. The number of H-pyrrole nitrogens is 1. The highest BCUT2D eigenvalue weighted by Gasteiger charge is 2.24. The first-order chi connectivity index (χ1) is 9.22. The molecule has 0 spiro atoms. The topological polar surface area (TPSA) is 59.0 Å². The Labute approximate surface area is 112 Å². The number of imidazole rings is 2. The fourth-order valence-corrected chi connectivity index (χ4v) is 2.37. The van der Waals surface area contributed by atoms with E-state index >= 15 is 0 Å². The predicted octanol–water partition coefficient (Wildman–Crippen LogP) is 1.03. The van der Waals surface area contributed by atoms with Gasteiger partial charge in [-0.1, -0.05) is 0 Å². The Hall–Kier alpha value is -1.66. The summed E-state index contributed by atoms with van der Waals surface area (Å²) in [7, 11) is 2.02. The molecule has 19 heavy (non-hydrogen) atoms. The van der Waals surface area contributed by atoms with E-state index in [-0.39, 0.29) is 6.10 Å². The highest BCUT2D eigenvalue weighted by Crippen LogP contribution is 2.20. The molecule has 3 rings (SSSR count). The molecule has 102 valence electrons. The minimum absolute atomic E-state index is 0.0377. The summed E-state index contributed by atoms with van der Waals surface area (Å²) in [6.07, 6.45) is 5.64. The molecular weight excluding hydrogens is 242 g/mol. The highest BCUT2D eigenvalue weighted by molar-refractivity contribution is 5.03. The minimum atomic E-state index is 0.0377. The van der Waals surface area contributed by atoms with Crippen molar-refractivity contribution in [1.29, 1.82) is 0 Å². The zero-order valence-electron chi connectivity index (χ0n) is 11.3. The van der Waals surface area contributed by atoms with Crippen LogP contribution in [0.1, 0.15) is 23.3 Å². The quantitative estimate of drug-likeness (QED) is 0.896. The van der Waals surface area contributed by atoms with Gasteiger partial charge in [-0.3, -0.25) is 4.90 Å². The zero-order chi connectivity index (χ0) is 13.2.